The molecule has 2 N–H and O–H groups in total. The molecule has 0 saturated heterocycles. The SMILES string of the molecule is CC[C@H](CO)Nc1ccc(C#N)nc1. The highest BCUT2D eigenvalue weighted by Gasteiger charge is 2.03. The van der Waals surface area contributed by atoms with E-state index in [9.17, 15) is 0 Å². The largest absolute Gasteiger partial charge is 0.394 e. The molecule has 0 bridgehead atoms. The van der Waals surface area contributed by atoms with Gasteiger partial charge in [-0.05, 0) is 18.6 Å². The Kier molecular flexibility index (Phi) is 3.89. The highest BCUT2D eigenvalue weighted by atomic mass is 16.3. The maximum absolute atomic E-state index is 8.95. The van der Waals surface area contributed by atoms with Gasteiger partial charge < -0.3 is 10.4 Å². The predicted molar refractivity (Wildman–Crippen MR) is 53.7 cm³/mol. The van der Waals surface area contributed by atoms with E-state index in [2.05, 4.69) is 10.3 Å². The quantitative estimate of drug-likeness (QED) is 0.748. The number of nitrogens with one attached hydrogen (secondary N) is 1. The van der Waals surface area contributed by atoms with Gasteiger partial charge >= 0.3 is 0 Å². The van der Waals surface area contributed by atoms with E-state index in [0.29, 0.717) is 5.69 Å². The Morgan fingerprint density at radius 1 is 1.64 bits per heavy atom. The van der Waals surface area contributed by atoms with Crippen molar-refractivity contribution in [1.82, 2.24) is 4.98 Å². The van der Waals surface area contributed by atoms with E-state index in [0.717, 1.165) is 12.1 Å². The van der Waals surface area contributed by atoms with Crippen molar-refractivity contribution in [2.24, 2.45) is 0 Å². The van der Waals surface area contributed by atoms with E-state index in [1.807, 2.05) is 13.0 Å². The van der Waals surface area contributed by atoms with E-state index in [1.54, 1.807) is 18.3 Å². The topological polar surface area (TPSA) is 68.9 Å². The Labute approximate surface area is 83.2 Å². The number of hydrogen-bond acceptors (Lipinski definition) is 4. The summed E-state index contributed by atoms with van der Waals surface area (Å²) < 4.78 is 0. The molecule has 1 aromatic heterocycles. The molecule has 4 nitrogen and oxygen atoms in total. The van der Waals surface area contributed by atoms with Crippen molar-refractivity contribution in [3.8, 4) is 6.07 Å². The standard InChI is InChI=1S/C10H13N3O/c1-2-8(7-14)13-10-4-3-9(5-11)12-6-10/h3-4,6,8,13-14H,2,7H2,1H3/t8-/m1/s1. The van der Waals surface area contributed by atoms with Crippen molar-refractivity contribution in [2.75, 3.05) is 11.9 Å². The number of aliphatic hydroxyl groups is 1. The van der Waals surface area contributed by atoms with Gasteiger partial charge in [-0.25, -0.2) is 4.98 Å². The Morgan fingerprint density at radius 2 is 2.43 bits per heavy atom. The number of nitrogens with zero attached hydrogens (tertiary/aromatic N) is 2. The lowest BCUT2D eigenvalue weighted by Gasteiger charge is -2.14. The molecule has 0 aliphatic rings. The van der Waals surface area contributed by atoms with E-state index < -0.39 is 0 Å². The summed E-state index contributed by atoms with van der Waals surface area (Å²) in [7, 11) is 0. The number of aromatic nitrogens is 1. The smallest absolute Gasteiger partial charge is 0.140 e. The molecule has 1 aromatic rings. The molecule has 1 heterocycles. The lowest BCUT2D eigenvalue weighted by molar-refractivity contribution is 0.272. The Morgan fingerprint density at radius 3 is 2.86 bits per heavy atom. The predicted octanol–water partition coefficient (Wildman–Crippen LogP) is 1.14. The highest BCUT2D eigenvalue weighted by Crippen LogP contribution is 2.08. The minimum Gasteiger partial charge on any atom is -0.394 e. The van der Waals surface area contributed by atoms with E-state index in [-0.39, 0.29) is 12.6 Å². The van der Waals surface area contributed by atoms with E-state index in [4.69, 9.17) is 10.4 Å². The Bertz CT molecular complexity index is 311. The van der Waals surface area contributed by atoms with Gasteiger partial charge in [0.2, 0.25) is 0 Å². The van der Waals surface area contributed by atoms with Crippen LogP contribution in [0.3, 0.4) is 0 Å². The second-order valence-corrected chi connectivity index (χ2v) is 2.98. The van der Waals surface area contributed by atoms with Gasteiger partial charge in [-0.1, -0.05) is 6.92 Å². The van der Waals surface area contributed by atoms with Gasteiger partial charge in [0, 0.05) is 6.04 Å². The number of aliphatic hydroxyl groups excluding tert-OH is 1. The van der Waals surface area contributed by atoms with Crippen LogP contribution in [0.5, 0.6) is 0 Å². The molecule has 0 saturated carbocycles. The normalized spacial score (nSPS) is 11.8. The van der Waals surface area contributed by atoms with Crippen LogP contribution in [0.4, 0.5) is 5.69 Å². The van der Waals surface area contributed by atoms with Crippen LogP contribution >= 0.6 is 0 Å². The van der Waals surface area contributed by atoms with Crippen LogP contribution in [0.15, 0.2) is 18.3 Å². The summed E-state index contributed by atoms with van der Waals surface area (Å²) in [5, 5.41) is 20.6. The molecule has 0 fully saturated rings. The van der Waals surface area contributed by atoms with Crippen LogP contribution < -0.4 is 5.32 Å². The maximum atomic E-state index is 8.95. The van der Waals surface area contributed by atoms with Crippen LogP contribution in [0, 0.1) is 11.3 Å². The molecule has 4 heteroatoms. The molecule has 0 amide bonds. The second kappa shape index (κ2) is 5.20. The third-order valence-corrected chi connectivity index (χ3v) is 1.96. The van der Waals surface area contributed by atoms with Crippen molar-refractivity contribution >= 4 is 5.69 Å². The summed E-state index contributed by atoms with van der Waals surface area (Å²) >= 11 is 0. The molecule has 0 aliphatic heterocycles. The molecule has 14 heavy (non-hydrogen) atoms. The Balaban J connectivity index is 2.64. The maximum Gasteiger partial charge on any atom is 0.140 e. The van der Waals surface area contributed by atoms with Crippen LogP contribution in [0.2, 0.25) is 0 Å². The minimum atomic E-state index is 0.0461. The monoisotopic (exact) mass is 191 g/mol. The fraction of sp³-hybridized carbons (Fsp3) is 0.400. The molecule has 1 atom stereocenters. The second-order valence-electron chi connectivity index (χ2n) is 2.98. The first-order valence-corrected chi connectivity index (χ1v) is 4.53. The molecule has 0 radical (unpaired) electrons. The summed E-state index contributed by atoms with van der Waals surface area (Å²) in [6, 6.07) is 5.42. The molecular formula is C10H13N3O. The summed E-state index contributed by atoms with van der Waals surface area (Å²) in [5.74, 6) is 0. The lowest BCUT2D eigenvalue weighted by atomic mass is 10.2. The molecule has 0 spiro atoms. The zero-order chi connectivity index (χ0) is 10.4. The fourth-order valence-electron chi connectivity index (χ4n) is 1.06. The number of nitriles is 1. The van der Waals surface area contributed by atoms with Crippen molar-refractivity contribution < 1.29 is 5.11 Å². The third kappa shape index (κ3) is 2.71. The van der Waals surface area contributed by atoms with Crippen molar-refractivity contribution in [1.29, 1.82) is 5.26 Å². The summed E-state index contributed by atoms with van der Waals surface area (Å²) in [6.07, 6.45) is 2.44. The highest BCUT2D eigenvalue weighted by molar-refractivity contribution is 5.43. The van der Waals surface area contributed by atoms with Gasteiger partial charge in [0.1, 0.15) is 11.8 Å². The lowest BCUT2D eigenvalue weighted by Crippen LogP contribution is -2.22. The molecular weight excluding hydrogens is 178 g/mol. The summed E-state index contributed by atoms with van der Waals surface area (Å²) in [6.45, 7) is 2.08. The average Bonchev–Trinajstić information content (AvgIpc) is 2.26. The molecule has 74 valence electrons. The fourth-order valence-corrected chi connectivity index (χ4v) is 1.06. The number of rotatable bonds is 4. The number of anilines is 1. The van der Waals surface area contributed by atoms with Crippen LogP contribution in [0.1, 0.15) is 19.0 Å². The average molecular weight is 191 g/mol. The van der Waals surface area contributed by atoms with Gasteiger partial charge in [0.15, 0.2) is 0 Å². The molecule has 0 aliphatic carbocycles. The third-order valence-electron chi connectivity index (χ3n) is 1.96. The van der Waals surface area contributed by atoms with E-state index >= 15 is 0 Å². The minimum absolute atomic E-state index is 0.0461. The molecule has 0 aromatic carbocycles. The van der Waals surface area contributed by atoms with Crippen molar-refractivity contribution in [3.05, 3.63) is 24.0 Å². The van der Waals surface area contributed by atoms with Gasteiger partial charge in [-0.2, -0.15) is 5.26 Å². The zero-order valence-electron chi connectivity index (χ0n) is 8.07. The number of hydrogen-bond donors (Lipinski definition) is 2. The first-order valence-electron chi connectivity index (χ1n) is 4.53. The van der Waals surface area contributed by atoms with Gasteiger partial charge in [0.05, 0.1) is 18.5 Å². The first-order chi connectivity index (χ1) is 6.80. The van der Waals surface area contributed by atoms with Gasteiger partial charge in [-0.15, -0.1) is 0 Å². The van der Waals surface area contributed by atoms with Crippen molar-refractivity contribution in [3.63, 3.8) is 0 Å². The van der Waals surface area contributed by atoms with Crippen LogP contribution in [-0.2, 0) is 0 Å². The summed E-state index contributed by atoms with van der Waals surface area (Å²) in [4.78, 5) is 3.91. The first kappa shape index (κ1) is 10.5. The van der Waals surface area contributed by atoms with Crippen LogP contribution in [-0.4, -0.2) is 22.7 Å². The van der Waals surface area contributed by atoms with E-state index in [1.165, 1.54) is 0 Å². The molecule has 1 rings (SSSR count). The Hall–Kier alpha value is -1.60. The number of pyridine rings is 1. The zero-order valence-corrected chi connectivity index (χ0v) is 8.07. The molecule has 0 unspecified atom stereocenters. The van der Waals surface area contributed by atoms with Gasteiger partial charge in [-0.3, -0.25) is 0 Å². The van der Waals surface area contributed by atoms with Gasteiger partial charge in [0.25, 0.3) is 0 Å². The summed E-state index contributed by atoms with van der Waals surface area (Å²) in [5.41, 5.74) is 1.22. The van der Waals surface area contributed by atoms with Crippen LogP contribution in [0.25, 0.3) is 0 Å². The van der Waals surface area contributed by atoms with Crippen molar-refractivity contribution in [2.45, 2.75) is 19.4 Å².